The zero-order valence-corrected chi connectivity index (χ0v) is 16.1. The molecule has 0 aliphatic rings. The zero-order valence-electron chi connectivity index (χ0n) is 15.3. The van der Waals surface area contributed by atoms with Gasteiger partial charge in [0.1, 0.15) is 5.58 Å². The number of rotatable bonds is 4. The molecule has 0 aliphatic carbocycles. The fourth-order valence-electron chi connectivity index (χ4n) is 2.86. The highest BCUT2D eigenvalue weighted by Crippen LogP contribution is 2.29. The molecule has 0 amide bonds. The first-order valence-corrected chi connectivity index (χ1v) is 9.55. The van der Waals surface area contributed by atoms with Crippen LogP contribution in [0.1, 0.15) is 22.3 Å². The van der Waals surface area contributed by atoms with E-state index in [1.807, 2.05) is 43.3 Å². The van der Waals surface area contributed by atoms with E-state index in [1.54, 1.807) is 0 Å². The predicted molar refractivity (Wildman–Crippen MR) is 106 cm³/mol. The maximum absolute atomic E-state index is 11.8. The molecule has 5 nitrogen and oxygen atoms in total. The minimum atomic E-state index is -0.356. The second-order valence-corrected chi connectivity index (χ2v) is 7.48. The van der Waals surface area contributed by atoms with Crippen molar-refractivity contribution in [3.05, 3.63) is 75.1 Å². The summed E-state index contributed by atoms with van der Waals surface area (Å²) in [5.41, 5.74) is 5.47. The number of thioether (sulfide) groups is 1. The normalized spacial score (nSPS) is 11.2. The highest BCUT2D eigenvalue weighted by Gasteiger charge is 2.12. The molecule has 4 aromatic rings. The van der Waals surface area contributed by atoms with Gasteiger partial charge in [-0.25, -0.2) is 4.79 Å². The van der Waals surface area contributed by atoms with Crippen molar-refractivity contribution in [2.75, 3.05) is 0 Å². The first kappa shape index (κ1) is 17.5. The lowest BCUT2D eigenvalue weighted by Crippen LogP contribution is -2.00. The Morgan fingerprint density at radius 2 is 1.78 bits per heavy atom. The van der Waals surface area contributed by atoms with E-state index in [4.69, 9.17) is 8.83 Å². The molecular formula is C21H18N2O3S. The van der Waals surface area contributed by atoms with E-state index >= 15 is 0 Å². The van der Waals surface area contributed by atoms with Gasteiger partial charge in [-0.15, -0.1) is 10.2 Å². The molecule has 2 aromatic heterocycles. The van der Waals surface area contributed by atoms with Crippen molar-refractivity contribution in [1.29, 1.82) is 0 Å². The monoisotopic (exact) mass is 378 g/mol. The number of aromatic nitrogens is 2. The van der Waals surface area contributed by atoms with Crippen LogP contribution in [0.4, 0.5) is 0 Å². The highest BCUT2D eigenvalue weighted by atomic mass is 32.2. The molecule has 0 fully saturated rings. The molecule has 0 unspecified atom stereocenters. The van der Waals surface area contributed by atoms with Crippen LogP contribution >= 0.6 is 11.8 Å². The lowest BCUT2D eigenvalue weighted by atomic mass is 10.1. The van der Waals surface area contributed by atoms with Crippen molar-refractivity contribution >= 4 is 22.7 Å². The Kier molecular flexibility index (Phi) is 4.58. The molecular weight excluding hydrogens is 360 g/mol. The van der Waals surface area contributed by atoms with Gasteiger partial charge in [-0.2, -0.15) is 0 Å². The molecule has 0 bridgehead atoms. The molecule has 2 heterocycles. The van der Waals surface area contributed by atoms with E-state index in [2.05, 4.69) is 24.0 Å². The van der Waals surface area contributed by atoms with E-state index < -0.39 is 0 Å². The third-order valence-corrected chi connectivity index (χ3v) is 5.36. The average molecular weight is 378 g/mol. The maximum atomic E-state index is 11.8. The molecule has 4 rings (SSSR count). The summed E-state index contributed by atoms with van der Waals surface area (Å²) >= 11 is 1.40. The Balaban J connectivity index is 1.58. The summed E-state index contributed by atoms with van der Waals surface area (Å²) in [6, 6.07) is 13.4. The van der Waals surface area contributed by atoms with Crippen LogP contribution in [-0.2, 0) is 5.75 Å². The minimum absolute atomic E-state index is 0.356. The summed E-state index contributed by atoms with van der Waals surface area (Å²) in [5.74, 6) is 1.04. The van der Waals surface area contributed by atoms with Crippen LogP contribution < -0.4 is 5.63 Å². The largest absolute Gasteiger partial charge is 0.423 e. The summed E-state index contributed by atoms with van der Waals surface area (Å²) in [4.78, 5) is 11.8. The molecule has 0 atom stereocenters. The fourth-order valence-corrected chi connectivity index (χ4v) is 3.61. The quantitative estimate of drug-likeness (QED) is 0.365. The van der Waals surface area contributed by atoms with Gasteiger partial charge in [-0.05, 0) is 61.2 Å². The van der Waals surface area contributed by atoms with Crippen molar-refractivity contribution in [2.24, 2.45) is 0 Å². The predicted octanol–water partition coefficient (Wildman–Crippen LogP) is 5.06. The third-order valence-electron chi connectivity index (χ3n) is 4.50. The van der Waals surface area contributed by atoms with Crippen molar-refractivity contribution in [1.82, 2.24) is 10.2 Å². The smallest absolute Gasteiger partial charge is 0.336 e. The van der Waals surface area contributed by atoms with Crippen LogP contribution in [0.5, 0.6) is 0 Å². The summed E-state index contributed by atoms with van der Waals surface area (Å²) in [5, 5.41) is 9.65. The molecule has 2 aromatic carbocycles. The summed E-state index contributed by atoms with van der Waals surface area (Å²) in [7, 11) is 0. The Morgan fingerprint density at radius 1 is 0.926 bits per heavy atom. The van der Waals surface area contributed by atoms with Gasteiger partial charge in [-0.1, -0.05) is 30.0 Å². The number of nitrogens with zero attached hydrogens (tertiary/aromatic N) is 2. The van der Waals surface area contributed by atoms with Crippen LogP contribution in [0.2, 0.25) is 0 Å². The van der Waals surface area contributed by atoms with E-state index in [9.17, 15) is 4.79 Å². The van der Waals surface area contributed by atoms with Crippen molar-refractivity contribution in [3.8, 4) is 11.5 Å². The number of fused-ring (bicyclic) bond motifs is 1. The van der Waals surface area contributed by atoms with Gasteiger partial charge in [0, 0.05) is 22.8 Å². The van der Waals surface area contributed by atoms with Gasteiger partial charge in [0.05, 0.1) is 0 Å². The standard InChI is InChI=1S/C21H18N2O3S/c1-12-4-7-17-16(10-19(24)25-18(17)8-12)11-27-21-23-22-20(26-21)15-6-5-13(2)14(3)9-15/h4-10H,11H2,1-3H3. The molecule has 0 aliphatic heterocycles. The van der Waals surface area contributed by atoms with Gasteiger partial charge in [0.15, 0.2) is 0 Å². The number of hydrogen-bond acceptors (Lipinski definition) is 6. The number of hydrogen-bond donors (Lipinski definition) is 0. The number of benzene rings is 2. The minimum Gasteiger partial charge on any atom is -0.423 e. The molecule has 136 valence electrons. The second-order valence-electron chi connectivity index (χ2n) is 6.55. The van der Waals surface area contributed by atoms with Crippen LogP contribution in [0.25, 0.3) is 22.4 Å². The third kappa shape index (κ3) is 3.66. The van der Waals surface area contributed by atoms with E-state index in [1.165, 1.54) is 29.0 Å². The second kappa shape index (κ2) is 7.04. The highest BCUT2D eigenvalue weighted by molar-refractivity contribution is 7.98. The van der Waals surface area contributed by atoms with E-state index in [0.717, 1.165) is 22.1 Å². The van der Waals surface area contributed by atoms with E-state index in [0.29, 0.717) is 22.4 Å². The van der Waals surface area contributed by atoms with Crippen molar-refractivity contribution in [2.45, 2.75) is 31.7 Å². The van der Waals surface area contributed by atoms with Crippen molar-refractivity contribution in [3.63, 3.8) is 0 Å². The van der Waals surface area contributed by atoms with Crippen LogP contribution in [-0.4, -0.2) is 10.2 Å². The lowest BCUT2D eigenvalue weighted by molar-refractivity contribution is 0.466. The average Bonchev–Trinajstić information content (AvgIpc) is 3.10. The molecule has 0 N–H and O–H groups in total. The topological polar surface area (TPSA) is 69.1 Å². The number of aryl methyl sites for hydroxylation is 3. The van der Waals surface area contributed by atoms with Gasteiger partial charge in [-0.3, -0.25) is 0 Å². The van der Waals surface area contributed by atoms with Gasteiger partial charge in [0.25, 0.3) is 5.22 Å². The van der Waals surface area contributed by atoms with Gasteiger partial charge < -0.3 is 8.83 Å². The summed E-state index contributed by atoms with van der Waals surface area (Å²) in [6.45, 7) is 6.09. The Labute approximate surface area is 160 Å². The summed E-state index contributed by atoms with van der Waals surface area (Å²) < 4.78 is 11.1. The van der Waals surface area contributed by atoms with Gasteiger partial charge >= 0.3 is 5.63 Å². The first-order valence-electron chi connectivity index (χ1n) is 8.57. The Bertz CT molecular complexity index is 1190. The lowest BCUT2D eigenvalue weighted by Gasteiger charge is -2.04. The first-order chi connectivity index (χ1) is 13.0. The molecule has 0 spiro atoms. The maximum Gasteiger partial charge on any atom is 0.336 e. The van der Waals surface area contributed by atoms with Crippen molar-refractivity contribution < 1.29 is 8.83 Å². The summed E-state index contributed by atoms with van der Waals surface area (Å²) in [6.07, 6.45) is 0. The molecule has 0 saturated heterocycles. The fraction of sp³-hybridized carbons (Fsp3) is 0.190. The SMILES string of the molecule is Cc1ccc2c(CSc3nnc(-c4ccc(C)c(C)c4)o3)cc(=O)oc2c1. The Morgan fingerprint density at radius 3 is 2.59 bits per heavy atom. The molecule has 6 heteroatoms. The van der Waals surface area contributed by atoms with Gasteiger partial charge in [0.2, 0.25) is 5.89 Å². The zero-order chi connectivity index (χ0) is 19.0. The molecule has 0 saturated carbocycles. The molecule has 27 heavy (non-hydrogen) atoms. The van der Waals surface area contributed by atoms with Crippen LogP contribution in [0.3, 0.4) is 0 Å². The molecule has 0 radical (unpaired) electrons. The van der Waals surface area contributed by atoms with Crippen LogP contribution in [0.15, 0.2) is 61.3 Å². The van der Waals surface area contributed by atoms with Crippen LogP contribution in [0, 0.1) is 20.8 Å². The van der Waals surface area contributed by atoms with E-state index in [-0.39, 0.29) is 5.63 Å². The Hall–Kier alpha value is -2.86.